The van der Waals surface area contributed by atoms with Crippen molar-refractivity contribution in [3.8, 4) is 0 Å². The van der Waals surface area contributed by atoms with Gasteiger partial charge in [0.2, 0.25) is 0 Å². The molecule has 0 aromatic heterocycles. The van der Waals surface area contributed by atoms with Crippen LogP contribution in [0.2, 0.25) is 0 Å². The average molecular weight is 441 g/mol. The summed E-state index contributed by atoms with van der Waals surface area (Å²) in [4.78, 5) is 11.6. The van der Waals surface area contributed by atoms with E-state index in [0.29, 0.717) is 6.42 Å². The van der Waals surface area contributed by atoms with Gasteiger partial charge in [0, 0.05) is 23.8 Å². The van der Waals surface area contributed by atoms with Crippen LogP contribution in [0.3, 0.4) is 0 Å². The maximum Gasteiger partial charge on any atom is 0.307 e. The van der Waals surface area contributed by atoms with Gasteiger partial charge in [-0.3, -0.25) is 4.79 Å². The Morgan fingerprint density at radius 2 is 1.04 bits per heavy atom. The summed E-state index contributed by atoms with van der Waals surface area (Å²) in [5, 5.41) is 0. The zero-order valence-electron chi connectivity index (χ0n) is 18.1. The molecule has 0 aromatic rings. The molecule has 0 saturated carbocycles. The number of rotatable bonds is 20. The number of esters is 1. The Bertz CT molecular complexity index is 300. The van der Waals surface area contributed by atoms with Crippen molar-refractivity contribution in [3.05, 3.63) is 0 Å². The zero-order valence-corrected chi connectivity index (χ0v) is 20.1. The van der Waals surface area contributed by atoms with Crippen molar-refractivity contribution >= 4 is 17.6 Å². The molecule has 162 valence electrons. The van der Waals surface area contributed by atoms with Crippen molar-refractivity contribution in [3.63, 3.8) is 0 Å². The van der Waals surface area contributed by atoms with Crippen LogP contribution in [-0.2, 0) is 26.9 Å². The van der Waals surface area contributed by atoms with Gasteiger partial charge in [0.25, 0.3) is 0 Å². The normalized spacial score (nSPS) is 11.8. The van der Waals surface area contributed by atoms with E-state index in [2.05, 4.69) is 13.8 Å². The molecule has 0 aliphatic heterocycles. The minimum Gasteiger partial charge on any atom is -0.446 e. The van der Waals surface area contributed by atoms with Gasteiger partial charge in [-0.05, 0) is 19.3 Å². The Kier molecular flexibility index (Phi) is 26.6. The molecule has 0 aliphatic carbocycles. The van der Waals surface area contributed by atoms with E-state index in [0.717, 1.165) is 32.1 Å². The number of hydrogen-bond acceptors (Lipinski definition) is 2. The summed E-state index contributed by atoms with van der Waals surface area (Å²) in [7, 11) is 0. The Morgan fingerprint density at radius 1 is 0.667 bits per heavy atom. The fourth-order valence-corrected chi connectivity index (χ4v) is 3.52. The van der Waals surface area contributed by atoms with E-state index in [1.54, 1.807) is 0 Å². The van der Waals surface area contributed by atoms with Crippen molar-refractivity contribution in [2.75, 3.05) is 0 Å². The van der Waals surface area contributed by atoms with Crippen molar-refractivity contribution in [1.29, 1.82) is 0 Å². The van der Waals surface area contributed by atoms with E-state index in [1.807, 2.05) is 0 Å². The maximum atomic E-state index is 11.6. The predicted molar refractivity (Wildman–Crippen MR) is 115 cm³/mol. The van der Waals surface area contributed by atoms with Crippen LogP contribution in [0.4, 0.5) is 0 Å². The predicted octanol–water partition coefficient (Wildman–Crippen LogP) is 8.54. The fourth-order valence-electron chi connectivity index (χ4n) is 3.27. The largest absolute Gasteiger partial charge is 0.446 e. The first kappa shape index (κ1) is 29.5. The fraction of sp³-hybridized carbons (Fsp3) is 0.957. The molecule has 27 heavy (non-hydrogen) atoms. The molecule has 1 atom stereocenters. The van der Waals surface area contributed by atoms with E-state index < -0.39 is 5.56 Å². The number of carbonyl (C=O) groups is 1. The summed E-state index contributed by atoms with van der Waals surface area (Å²) < 4.78 is 5.20. The minimum atomic E-state index is -0.432. The average Bonchev–Trinajstić information content (AvgIpc) is 2.63. The Morgan fingerprint density at radius 3 is 1.44 bits per heavy atom. The van der Waals surface area contributed by atoms with Gasteiger partial charge >= 0.3 is 5.97 Å². The third kappa shape index (κ3) is 24.3. The van der Waals surface area contributed by atoms with Crippen molar-refractivity contribution in [2.45, 2.75) is 141 Å². The molecule has 0 rings (SSSR count). The first-order chi connectivity index (χ1) is 12.7. The number of ether oxygens (including phenoxy) is 1. The molecule has 0 aliphatic rings. The monoisotopic (exact) mass is 440 g/mol. The summed E-state index contributed by atoms with van der Waals surface area (Å²) in [5.41, 5.74) is -0.432. The van der Waals surface area contributed by atoms with Crippen LogP contribution in [0.5, 0.6) is 0 Å². The number of halogens is 1. The van der Waals surface area contributed by atoms with Gasteiger partial charge in [0.1, 0.15) is 0 Å². The summed E-state index contributed by atoms with van der Waals surface area (Å²) in [6, 6.07) is 0. The molecule has 0 amide bonds. The quantitative estimate of drug-likeness (QED) is 0.108. The molecule has 4 heteroatoms. The third-order valence-corrected chi connectivity index (χ3v) is 5.34. The molecule has 0 aromatic carbocycles. The van der Waals surface area contributed by atoms with Crippen LogP contribution >= 0.6 is 11.6 Å². The van der Waals surface area contributed by atoms with Gasteiger partial charge in [-0.25, -0.2) is 0 Å². The topological polar surface area (TPSA) is 26.3 Å². The van der Waals surface area contributed by atoms with Gasteiger partial charge in [0.05, 0.1) is 0 Å². The van der Waals surface area contributed by atoms with E-state index in [4.69, 9.17) is 16.3 Å². The third-order valence-electron chi connectivity index (χ3n) is 5.03. The molecule has 0 radical (unpaired) electrons. The van der Waals surface area contributed by atoms with Gasteiger partial charge in [-0.1, -0.05) is 122 Å². The van der Waals surface area contributed by atoms with E-state index in [9.17, 15) is 4.79 Å². The second-order valence-electron chi connectivity index (χ2n) is 7.74. The minimum absolute atomic E-state index is 0. The number of carbonyl (C=O) groups excluding carboxylic acids is 1. The van der Waals surface area contributed by atoms with Crippen LogP contribution in [0.15, 0.2) is 0 Å². The van der Waals surface area contributed by atoms with Crippen molar-refractivity contribution < 1.29 is 26.9 Å². The van der Waals surface area contributed by atoms with Crippen LogP contribution in [0.25, 0.3) is 0 Å². The molecular formula is C23H45ClCrO2. The molecule has 0 N–H and O–H groups in total. The van der Waals surface area contributed by atoms with E-state index in [-0.39, 0.29) is 23.3 Å². The first-order valence-electron chi connectivity index (χ1n) is 11.5. The molecule has 0 fully saturated rings. The molecule has 2 nitrogen and oxygen atoms in total. The van der Waals surface area contributed by atoms with Crippen molar-refractivity contribution in [1.82, 2.24) is 0 Å². The van der Waals surface area contributed by atoms with E-state index >= 15 is 0 Å². The second-order valence-corrected chi connectivity index (χ2v) is 8.23. The van der Waals surface area contributed by atoms with Crippen molar-refractivity contribution in [2.24, 2.45) is 0 Å². The van der Waals surface area contributed by atoms with Gasteiger partial charge in [-0.15, -0.1) is 0 Å². The first-order valence-corrected chi connectivity index (χ1v) is 12.0. The summed E-state index contributed by atoms with van der Waals surface area (Å²) in [6.45, 7) is 4.39. The summed E-state index contributed by atoms with van der Waals surface area (Å²) in [5.74, 6) is -0.129. The maximum absolute atomic E-state index is 11.6. The summed E-state index contributed by atoms with van der Waals surface area (Å²) in [6.07, 6.45) is 23.5. The standard InChI is InChI=1S/C23H45ClO2.Cr/c1-3-5-7-8-9-10-11-12-13-14-15-16-17-18-19-21-23(25)26-22(24)20-6-4-2;/h22H,3-21H2,1-2H3;. The van der Waals surface area contributed by atoms with Gasteiger partial charge < -0.3 is 4.74 Å². The molecule has 0 heterocycles. The number of hydrogen-bond donors (Lipinski definition) is 0. The SMILES string of the molecule is CCCCCCCCCCCCCCCCCC(=O)OC(Cl)CCCC.[Cr]. The van der Waals surface area contributed by atoms with Gasteiger partial charge in [0.15, 0.2) is 5.56 Å². The molecular weight excluding hydrogens is 396 g/mol. The number of unbranched alkanes of at least 4 members (excludes halogenated alkanes) is 15. The summed E-state index contributed by atoms with van der Waals surface area (Å²) >= 11 is 5.98. The van der Waals surface area contributed by atoms with Crippen LogP contribution in [0.1, 0.15) is 136 Å². The van der Waals surface area contributed by atoms with Gasteiger partial charge in [-0.2, -0.15) is 0 Å². The molecule has 0 bridgehead atoms. The molecule has 1 unspecified atom stereocenters. The molecule has 0 saturated heterocycles. The number of alkyl halides is 1. The van der Waals surface area contributed by atoms with Crippen LogP contribution < -0.4 is 0 Å². The molecule has 0 spiro atoms. The Hall–Kier alpha value is 0.292. The second kappa shape index (κ2) is 24.3. The smallest absolute Gasteiger partial charge is 0.307 e. The van der Waals surface area contributed by atoms with E-state index in [1.165, 1.54) is 83.5 Å². The van der Waals surface area contributed by atoms with Crippen LogP contribution in [0, 0.1) is 0 Å². The Labute approximate surface area is 185 Å². The zero-order chi connectivity index (χ0) is 19.3. The Balaban J connectivity index is 0. The van der Waals surface area contributed by atoms with Crippen LogP contribution in [-0.4, -0.2) is 11.5 Å².